The number of hydrogen-bond donors (Lipinski definition) is 1. The molecule has 0 aliphatic rings. The van der Waals surface area contributed by atoms with Crippen molar-refractivity contribution in [1.82, 2.24) is 10.2 Å². The molecule has 0 saturated heterocycles. The SMILES string of the molecule is CCCCNC(=O)[C@@H](C)N(Cc1ccccc1)C(=O)Cc1ccc(C)cc1. The highest BCUT2D eigenvalue weighted by Crippen LogP contribution is 2.13. The Balaban J connectivity index is 2.13. The Bertz CT molecular complexity index is 726. The Kier molecular flexibility index (Phi) is 8.05. The standard InChI is InChI=1S/C23H30N2O2/c1-4-5-15-24-23(27)19(3)25(17-21-9-7-6-8-10-21)22(26)16-20-13-11-18(2)12-14-20/h6-14,19H,4-5,15-17H2,1-3H3,(H,24,27)/t19-/m1/s1. The first-order chi connectivity index (χ1) is 13.0. The van der Waals surface area contributed by atoms with Crippen LogP contribution in [0.2, 0.25) is 0 Å². The number of nitrogens with one attached hydrogen (secondary N) is 1. The summed E-state index contributed by atoms with van der Waals surface area (Å²) in [5.74, 6) is -0.141. The van der Waals surface area contributed by atoms with Gasteiger partial charge in [0.2, 0.25) is 11.8 Å². The molecule has 4 nitrogen and oxygen atoms in total. The summed E-state index contributed by atoms with van der Waals surface area (Å²) >= 11 is 0. The van der Waals surface area contributed by atoms with E-state index in [4.69, 9.17) is 0 Å². The number of carbonyl (C=O) groups excluding carboxylic acids is 2. The van der Waals surface area contributed by atoms with Crippen molar-refractivity contribution in [1.29, 1.82) is 0 Å². The molecule has 1 atom stereocenters. The van der Waals surface area contributed by atoms with Gasteiger partial charge in [-0.2, -0.15) is 0 Å². The second-order valence-corrected chi connectivity index (χ2v) is 6.99. The maximum Gasteiger partial charge on any atom is 0.242 e. The zero-order valence-corrected chi connectivity index (χ0v) is 16.6. The molecule has 0 aliphatic carbocycles. The van der Waals surface area contributed by atoms with Crippen LogP contribution in [0.1, 0.15) is 43.4 Å². The Morgan fingerprint density at radius 1 is 1.00 bits per heavy atom. The molecule has 0 unspecified atom stereocenters. The van der Waals surface area contributed by atoms with E-state index in [2.05, 4.69) is 12.2 Å². The molecule has 0 radical (unpaired) electrons. The molecule has 2 aromatic rings. The quantitative estimate of drug-likeness (QED) is 0.685. The second kappa shape index (κ2) is 10.5. The number of nitrogens with zero attached hydrogens (tertiary/aromatic N) is 1. The van der Waals surface area contributed by atoms with Gasteiger partial charge in [0.1, 0.15) is 6.04 Å². The second-order valence-electron chi connectivity index (χ2n) is 6.99. The first-order valence-corrected chi connectivity index (χ1v) is 9.68. The van der Waals surface area contributed by atoms with Crippen LogP contribution in [0.5, 0.6) is 0 Å². The van der Waals surface area contributed by atoms with Gasteiger partial charge in [0, 0.05) is 13.1 Å². The lowest BCUT2D eigenvalue weighted by atomic mass is 10.1. The highest BCUT2D eigenvalue weighted by Gasteiger charge is 2.25. The van der Waals surface area contributed by atoms with Crippen molar-refractivity contribution in [3.8, 4) is 0 Å². The number of rotatable bonds is 9. The molecule has 0 aromatic heterocycles. The van der Waals surface area contributed by atoms with Crippen LogP contribution in [0.15, 0.2) is 54.6 Å². The molecule has 144 valence electrons. The van der Waals surface area contributed by atoms with Crippen LogP contribution in [0.3, 0.4) is 0 Å². The lowest BCUT2D eigenvalue weighted by molar-refractivity contribution is -0.140. The van der Waals surface area contributed by atoms with Crippen LogP contribution >= 0.6 is 0 Å². The monoisotopic (exact) mass is 366 g/mol. The van der Waals surface area contributed by atoms with Gasteiger partial charge in [-0.25, -0.2) is 0 Å². The summed E-state index contributed by atoms with van der Waals surface area (Å²) in [5.41, 5.74) is 3.14. The molecular weight excluding hydrogens is 336 g/mol. The number of aryl methyl sites for hydroxylation is 1. The number of hydrogen-bond acceptors (Lipinski definition) is 2. The Morgan fingerprint density at radius 3 is 2.30 bits per heavy atom. The van der Waals surface area contributed by atoms with E-state index in [0.29, 0.717) is 19.5 Å². The van der Waals surface area contributed by atoms with Gasteiger partial charge < -0.3 is 10.2 Å². The van der Waals surface area contributed by atoms with E-state index in [0.717, 1.165) is 29.5 Å². The fourth-order valence-corrected chi connectivity index (χ4v) is 2.88. The van der Waals surface area contributed by atoms with E-state index in [-0.39, 0.29) is 11.8 Å². The van der Waals surface area contributed by atoms with Gasteiger partial charge in [-0.3, -0.25) is 9.59 Å². The van der Waals surface area contributed by atoms with E-state index in [1.54, 1.807) is 11.8 Å². The zero-order chi connectivity index (χ0) is 19.6. The van der Waals surface area contributed by atoms with Crippen LogP contribution in [0.4, 0.5) is 0 Å². The van der Waals surface area contributed by atoms with Crippen LogP contribution in [-0.2, 0) is 22.6 Å². The molecule has 0 aliphatic heterocycles. The fourth-order valence-electron chi connectivity index (χ4n) is 2.88. The Labute approximate surface area is 162 Å². The summed E-state index contributed by atoms with van der Waals surface area (Å²) < 4.78 is 0. The van der Waals surface area contributed by atoms with Gasteiger partial charge in [0.05, 0.1) is 6.42 Å². The van der Waals surface area contributed by atoms with Crippen molar-refractivity contribution in [2.45, 2.75) is 52.6 Å². The Hall–Kier alpha value is -2.62. The minimum absolute atomic E-state index is 0.0409. The summed E-state index contributed by atoms with van der Waals surface area (Å²) in [4.78, 5) is 27.2. The van der Waals surface area contributed by atoms with Gasteiger partial charge in [-0.05, 0) is 31.4 Å². The summed E-state index contributed by atoms with van der Waals surface area (Å²) in [6, 6.07) is 17.2. The molecule has 0 bridgehead atoms. The summed E-state index contributed by atoms with van der Waals surface area (Å²) in [6.07, 6.45) is 2.25. The normalized spacial score (nSPS) is 11.7. The van der Waals surface area contributed by atoms with E-state index < -0.39 is 6.04 Å². The van der Waals surface area contributed by atoms with E-state index in [9.17, 15) is 9.59 Å². The highest BCUT2D eigenvalue weighted by molar-refractivity contribution is 5.88. The van der Waals surface area contributed by atoms with Gasteiger partial charge in [-0.15, -0.1) is 0 Å². The largest absolute Gasteiger partial charge is 0.354 e. The third kappa shape index (κ3) is 6.55. The molecule has 2 amide bonds. The zero-order valence-electron chi connectivity index (χ0n) is 16.6. The van der Waals surface area contributed by atoms with Crippen LogP contribution in [-0.4, -0.2) is 29.3 Å². The molecule has 0 spiro atoms. The van der Waals surface area contributed by atoms with Crippen molar-refractivity contribution < 1.29 is 9.59 Å². The van der Waals surface area contributed by atoms with E-state index >= 15 is 0 Å². The first-order valence-electron chi connectivity index (χ1n) is 9.68. The predicted molar refractivity (Wildman–Crippen MR) is 109 cm³/mol. The fraction of sp³-hybridized carbons (Fsp3) is 0.391. The number of amides is 2. The Morgan fingerprint density at radius 2 is 1.67 bits per heavy atom. The van der Waals surface area contributed by atoms with E-state index in [1.165, 1.54) is 0 Å². The van der Waals surface area contributed by atoms with Crippen molar-refractivity contribution in [2.75, 3.05) is 6.54 Å². The van der Waals surface area contributed by atoms with Crippen molar-refractivity contribution in [3.05, 3.63) is 71.3 Å². The lowest BCUT2D eigenvalue weighted by Crippen LogP contribution is -2.48. The van der Waals surface area contributed by atoms with Crippen molar-refractivity contribution in [2.24, 2.45) is 0 Å². The lowest BCUT2D eigenvalue weighted by Gasteiger charge is -2.29. The summed E-state index contributed by atoms with van der Waals surface area (Å²) in [6.45, 7) is 6.98. The summed E-state index contributed by atoms with van der Waals surface area (Å²) in [5, 5.41) is 2.94. The molecule has 27 heavy (non-hydrogen) atoms. The number of unbranched alkanes of at least 4 members (excludes halogenated alkanes) is 1. The molecular formula is C23H30N2O2. The minimum atomic E-state index is -0.514. The third-order valence-electron chi connectivity index (χ3n) is 4.67. The number of benzene rings is 2. The van der Waals surface area contributed by atoms with Gasteiger partial charge in [-0.1, -0.05) is 73.5 Å². The van der Waals surface area contributed by atoms with E-state index in [1.807, 2.05) is 61.5 Å². The molecule has 2 rings (SSSR count). The van der Waals surface area contributed by atoms with Crippen LogP contribution in [0, 0.1) is 6.92 Å². The average Bonchev–Trinajstić information content (AvgIpc) is 2.68. The van der Waals surface area contributed by atoms with Crippen LogP contribution in [0.25, 0.3) is 0 Å². The predicted octanol–water partition coefficient (Wildman–Crippen LogP) is 3.87. The molecule has 0 fully saturated rings. The first kappa shape index (κ1) is 20.7. The molecule has 1 N–H and O–H groups in total. The van der Waals surface area contributed by atoms with Crippen LogP contribution < -0.4 is 5.32 Å². The third-order valence-corrected chi connectivity index (χ3v) is 4.67. The maximum absolute atomic E-state index is 13.0. The van der Waals surface area contributed by atoms with Gasteiger partial charge >= 0.3 is 0 Å². The van der Waals surface area contributed by atoms with Crippen molar-refractivity contribution in [3.63, 3.8) is 0 Å². The highest BCUT2D eigenvalue weighted by atomic mass is 16.2. The smallest absolute Gasteiger partial charge is 0.242 e. The maximum atomic E-state index is 13.0. The molecule has 2 aromatic carbocycles. The molecule has 0 saturated carbocycles. The number of carbonyl (C=O) groups is 2. The average molecular weight is 367 g/mol. The minimum Gasteiger partial charge on any atom is -0.354 e. The van der Waals surface area contributed by atoms with Gasteiger partial charge in [0.25, 0.3) is 0 Å². The van der Waals surface area contributed by atoms with Gasteiger partial charge in [0.15, 0.2) is 0 Å². The van der Waals surface area contributed by atoms with Crippen molar-refractivity contribution >= 4 is 11.8 Å². The topological polar surface area (TPSA) is 49.4 Å². The molecule has 4 heteroatoms. The molecule has 0 heterocycles. The summed E-state index contributed by atoms with van der Waals surface area (Å²) in [7, 11) is 0.